The monoisotopic (exact) mass is 211 g/mol. The van der Waals surface area contributed by atoms with Gasteiger partial charge in [-0.15, -0.1) is 0 Å². The van der Waals surface area contributed by atoms with Gasteiger partial charge in [0.15, 0.2) is 0 Å². The quantitative estimate of drug-likeness (QED) is 0.757. The minimum atomic E-state index is -0.388. The molecule has 0 aromatic rings. The van der Waals surface area contributed by atoms with Crippen molar-refractivity contribution in [2.24, 2.45) is 11.8 Å². The molecule has 1 heterocycles. The summed E-state index contributed by atoms with van der Waals surface area (Å²) in [4.78, 5) is 2.50. The molecule has 15 heavy (non-hydrogen) atoms. The summed E-state index contributed by atoms with van der Waals surface area (Å²) in [6.07, 6.45) is 5.47. The largest absolute Gasteiger partial charge is 0.387 e. The summed E-state index contributed by atoms with van der Waals surface area (Å²) in [7, 11) is 0. The fourth-order valence-corrected chi connectivity index (χ4v) is 3.01. The number of hydrogen-bond acceptors (Lipinski definition) is 2. The van der Waals surface area contributed by atoms with Gasteiger partial charge in [-0.05, 0) is 24.7 Å². The lowest BCUT2D eigenvalue weighted by atomic mass is 9.78. The molecule has 0 spiro atoms. The number of rotatable bonds is 2. The van der Waals surface area contributed by atoms with E-state index in [9.17, 15) is 5.11 Å². The van der Waals surface area contributed by atoms with Crippen LogP contribution in [0.15, 0.2) is 0 Å². The van der Waals surface area contributed by atoms with Gasteiger partial charge in [0.05, 0.1) is 5.60 Å². The molecular weight excluding hydrogens is 186 g/mol. The zero-order valence-electron chi connectivity index (χ0n) is 10.4. The maximum Gasteiger partial charge on any atom is 0.0923 e. The van der Waals surface area contributed by atoms with Gasteiger partial charge in [0.2, 0.25) is 0 Å². The van der Waals surface area contributed by atoms with Crippen LogP contribution in [0.4, 0.5) is 0 Å². The second-order valence-electron chi connectivity index (χ2n) is 6.09. The first kappa shape index (κ1) is 11.4. The molecule has 2 unspecified atom stereocenters. The van der Waals surface area contributed by atoms with Crippen molar-refractivity contribution in [1.29, 1.82) is 0 Å². The van der Waals surface area contributed by atoms with Crippen molar-refractivity contribution in [3.05, 3.63) is 0 Å². The second kappa shape index (κ2) is 4.06. The van der Waals surface area contributed by atoms with Crippen LogP contribution in [0.3, 0.4) is 0 Å². The van der Waals surface area contributed by atoms with Crippen molar-refractivity contribution in [3.63, 3.8) is 0 Å². The minimum absolute atomic E-state index is 0.388. The molecule has 2 atom stereocenters. The van der Waals surface area contributed by atoms with Gasteiger partial charge in [-0.2, -0.15) is 0 Å². The van der Waals surface area contributed by atoms with E-state index >= 15 is 0 Å². The van der Waals surface area contributed by atoms with Gasteiger partial charge in [-0.3, -0.25) is 4.90 Å². The first-order valence-electron chi connectivity index (χ1n) is 6.48. The third-order valence-electron chi connectivity index (χ3n) is 4.45. The standard InChI is InChI=1S/C13H25NO/c1-10(2)13(15)8-14(9-13)12-6-4-5-11(3)7-12/h10-12,15H,4-9H2,1-3H3. The van der Waals surface area contributed by atoms with Crippen molar-refractivity contribution >= 4 is 0 Å². The highest BCUT2D eigenvalue weighted by Crippen LogP contribution is 2.35. The fourth-order valence-electron chi connectivity index (χ4n) is 3.01. The average molecular weight is 211 g/mol. The number of β-amino-alcohol motifs (C(OH)–C–C–N with tert-alkyl or cyclic N) is 1. The maximum absolute atomic E-state index is 10.2. The molecule has 1 saturated carbocycles. The molecule has 0 radical (unpaired) electrons. The summed E-state index contributed by atoms with van der Waals surface area (Å²) >= 11 is 0. The van der Waals surface area contributed by atoms with Gasteiger partial charge < -0.3 is 5.11 Å². The predicted molar refractivity (Wildman–Crippen MR) is 62.8 cm³/mol. The van der Waals surface area contributed by atoms with Crippen LogP contribution >= 0.6 is 0 Å². The Hall–Kier alpha value is -0.0800. The summed E-state index contributed by atoms with van der Waals surface area (Å²) in [5.41, 5.74) is -0.388. The molecule has 1 aliphatic carbocycles. The normalized spacial score (nSPS) is 36.6. The first-order chi connectivity index (χ1) is 7.01. The highest BCUT2D eigenvalue weighted by atomic mass is 16.3. The lowest BCUT2D eigenvalue weighted by molar-refractivity contribution is -0.147. The molecule has 1 saturated heterocycles. The lowest BCUT2D eigenvalue weighted by Crippen LogP contribution is -2.67. The Morgan fingerprint density at radius 1 is 1.27 bits per heavy atom. The summed E-state index contributed by atoms with van der Waals surface area (Å²) < 4.78 is 0. The van der Waals surface area contributed by atoms with Gasteiger partial charge in [0.25, 0.3) is 0 Å². The van der Waals surface area contributed by atoms with Crippen LogP contribution in [-0.2, 0) is 0 Å². The Kier molecular flexibility index (Phi) is 3.09. The molecule has 2 aliphatic rings. The van der Waals surface area contributed by atoms with E-state index in [0.717, 1.165) is 25.0 Å². The Morgan fingerprint density at radius 2 is 1.93 bits per heavy atom. The zero-order valence-corrected chi connectivity index (χ0v) is 10.4. The predicted octanol–water partition coefficient (Wildman–Crippen LogP) is 2.27. The summed E-state index contributed by atoms with van der Waals surface area (Å²) in [5.74, 6) is 1.28. The molecule has 2 nitrogen and oxygen atoms in total. The van der Waals surface area contributed by atoms with E-state index in [1.807, 2.05) is 0 Å². The molecular formula is C13H25NO. The molecule has 0 bridgehead atoms. The average Bonchev–Trinajstić information content (AvgIpc) is 2.12. The Labute approximate surface area is 93.7 Å². The third kappa shape index (κ3) is 2.21. The van der Waals surface area contributed by atoms with Crippen LogP contribution in [0, 0.1) is 11.8 Å². The maximum atomic E-state index is 10.2. The molecule has 0 aromatic heterocycles. The highest BCUT2D eigenvalue weighted by molar-refractivity contribution is 5.00. The van der Waals surface area contributed by atoms with Gasteiger partial charge in [-0.25, -0.2) is 0 Å². The smallest absolute Gasteiger partial charge is 0.0923 e. The van der Waals surface area contributed by atoms with E-state index in [2.05, 4.69) is 25.7 Å². The Balaban J connectivity index is 1.83. The van der Waals surface area contributed by atoms with Crippen LogP contribution in [0.5, 0.6) is 0 Å². The Morgan fingerprint density at radius 3 is 2.47 bits per heavy atom. The molecule has 1 aliphatic heterocycles. The van der Waals surface area contributed by atoms with E-state index in [0.29, 0.717) is 5.92 Å². The SMILES string of the molecule is CC1CCCC(N2CC(O)(C(C)C)C2)C1. The first-order valence-corrected chi connectivity index (χ1v) is 6.48. The van der Waals surface area contributed by atoms with Crippen LogP contribution in [-0.4, -0.2) is 34.7 Å². The molecule has 1 N–H and O–H groups in total. The van der Waals surface area contributed by atoms with Crippen molar-refractivity contribution in [3.8, 4) is 0 Å². The summed E-state index contributed by atoms with van der Waals surface area (Å²) in [5, 5.41) is 10.2. The van der Waals surface area contributed by atoms with Crippen LogP contribution in [0.2, 0.25) is 0 Å². The topological polar surface area (TPSA) is 23.5 Å². The molecule has 2 heteroatoms. The van der Waals surface area contributed by atoms with Crippen molar-refractivity contribution < 1.29 is 5.11 Å². The van der Waals surface area contributed by atoms with Gasteiger partial charge >= 0.3 is 0 Å². The van der Waals surface area contributed by atoms with E-state index < -0.39 is 0 Å². The number of likely N-dealkylation sites (tertiary alicyclic amines) is 1. The zero-order chi connectivity index (χ0) is 11.1. The summed E-state index contributed by atoms with van der Waals surface area (Å²) in [6, 6.07) is 0.757. The summed E-state index contributed by atoms with van der Waals surface area (Å²) in [6.45, 7) is 8.42. The van der Waals surface area contributed by atoms with E-state index in [1.165, 1.54) is 25.7 Å². The molecule has 0 aromatic carbocycles. The molecule has 2 rings (SSSR count). The van der Waals surface area contributed by atoms with Crippen LogP contribution in [0.25, 0.3) is 0 Å². The Bertz CT molecular complexity index is 221. The van der Waals surface area contributed by atoms with Crippen molar-refractivity contribution in [1.82, 2.24) is 4.90 Å². The second-order valence-corrected chi connectivity index (χ2v) is 6.09. The molecule has 0 amide bonds. The number of nitrogens with zero attached hydrogens (tertiary/aromatic N) is 1. The van der Waals surface area contributed by atoms with Gasteiger partial charge in [0, 0.05) is 19.1 Å². The van der Waals surface area contributed by atoms with Crippen molar-refractivity contribution in [2.45, 2.75) is 58.1 Å². The third-order valence-corrected chi connectivity index (χ3v) is 4.45. The van der Waals surface area contributed by atoms with E-state index in [1.54, 1.807) is 0 Å². The number of hydrogen-bond donors (Lipinski definition) is 1. The van der Waals surface area contributed by atoms with E-state index in [-0.39, 0.29) is 5.60 Å². The molecule has 88 valence electrons. The van der Waals surface area contributed by atoms with Gasteiger partial charge in [0.1, 0.15) is 0 Å². The van der Waals surface area contributed by atoms with Crippen molar-refractivity contribution in [2.75, 3.05) is 13.1 Å². The highest BCUT2D eigenvalue weighted by Gasteiger charge is 2.46. The number of aliphatic hydroxyl groups is 1. The molecule has 2 fully saturated rings. The lowest BCUT2D eigenvalue weighted by Gasteiger charge is -2.53. The van der Waals surface area contributed by atoms with Gasteiger partial charge in [-0.1, -0.05) is 33.6 Å². The fraction of sp³-hybridized carbons (Fsp3) is 1.00. The van der Waals surface area contributed by atoms with E-state index in [4.69, 9.17) is 0 Å². The van der Waals surface area contributed by atoms with Crippen LogP contribution < -0.4 is 0 Å². The minimum Gasteiger partial charge on any atom is -0.387 e. The van der Waals surface area contributed by atoms with Crippen LogP contribution in [0.1, 0.15) is 46.5 Å².